The Kier molecular flexibility index (Phi) is 1.90. The van der Waals surface area contributed by atoms with Gasteiger partial charge in [0.15, 0.2) is 0 Å². The minimum Gasteiger partial charge on any atom is -0.286 e. The van der Waals surface area contributed by atoms with E-state index < -0.39 is 0 Å². The zero-order chi connectivity index (χ0) is 8.23. The molecule has 0 fully saturated rings. The number of hydrogen-bond acceptors (Lipinski definition) is 2. The Morgan fingerprint density at radius 1 is 1.17 bits per heavy atom. The number of allylic oxidation sites excluding steroid dienone is 1. The van der Waals surface area contributed by atoms with Gasteiger partial charge in [0, 0.05) is 18.8 Å². The van der Waals surface area contributed by atoms with Crippen LogP contribution in [0.5, 0.6) is 0 Å². The average Bonchev–Trinajstić information content (AvgIpc) is 2.21. The molecule has 12 heavy (non-hydrogen) atoms. The third kappa shape index (κ3) is 1.37. The van der Waals surface area contributed by atoms with Gasteiger partial charge in [-0.25, -0.2) is 0 Å². The Hall–Kier alpha value is -1.57. The Bertz CT molecular complexity index is 312. The summed E-state index contributed by atoms with van der Waals surface area (Å²) in [6.07, 6.45) is 4.73. The lowest BCUT2D eigenvalue weighted by Gasteiger charge is -2.07. The second kappa shape index (κ2) is 3.22. The molecule has 0 amide bonds. The minimum absolute atomic E-state index is 0.914. The lowest BCUT2D eigenvalue weighted by Crippen LogP contribution is -2.03. The van der Waals surface area contributed by atoms with Gasteiger partial charge in [0.05, 0.1) is 0 Å². The Balaban J connectivity index is 2.26. The van der Waals surface area contributed by atoms with Gasteiger partial charge in [-0.15, -0.1) is 0 Å². The minimum atomic E-state index is 0.914. The molecule has 1 aliphatic rings. The first-order valence-corrected chi connectivity index (χ1v) is 3.98. The molecule has 0 saturated heterocycles. The fraction of sp³-hybridized carbons (Fsp3) is 0.100. The molecule has 1 aliphatic heterocycles. The summed E-state index contributed by atoms with van der Waals surface area (Å²) in [5.74, 6) is 0. The molecule has 0 spiro atoms. The molecule has 1 heterocycles. The van der Waals surface area contributed by atoms with Gasteiger partial charge >= 0.3 is 0 Å². The quantitative estimate of drug-likeness (QED) is 0.664. The van der Waals surface area contributed by atoms with E-state index in [1.54, 1.807) is 0 Å². The van der Waals surface area contributed by atoms with Crippen molar-refractivity contribution in [3.63, 3.8) is 0 Å². The molecular formula is C10H10N2. The van der Waals surface area contributed by atoms with Crippen LogP contribution in [0.25, 0.3) is 5.57 Å². The summed E-state index contributed by atoms with van der Waals surface area (Å²) in [7, 11) is 0. The highest BCUT2D eigenvalue weighted by Crippen LogP contribution is 2.16. The topological polar surface area (TPSA) is 24.4 Å². The van der Waals surface area contributed by atoms with Gasteiger partial charge in [-0.2, -0.15) is 5.10 Å². The lowest BCUT2D eigenvalue weighted by atomic mass is 10.0. The van der Waals surface area contributed by atoms with Crippen LogP contribution in [0.2, 0.25) is 0 Å². The molecule has 1 N–H and O–H groups in total. The van der Waals surface area contributed by atoms with Crippen LogP contribution in [0, 0.1) is 0 Å². The van der Waals surface area contributed by atoms with Gasteiger partial charge in [-0.05, 0) is 11.1 Å². The van der Waals surface area contributed by atoms with Crippen LogP contribution < -0.4 is 5.43 Å². The molecule has 2 nitrogen and oxygen atoms in total. The molecule has 2 rings (SSSR count). The highest BCUT2D eigenvalue weighted by Gasteiger charge is 2.00. The van der Waals surface area contributed by atoms with Gasteiger partial charge in [-0.3, -0.25) is 5.43 Å². The summed E-state index contributed by atoms with van der Waals surface area (Å²) in [6.45, 7) is 0. The predicted molar refractivity (Wildman–Crippen MR) is 50.7 cm³/mol. The van der Waals surface area contributed by atoms with Crippen molar-refractivity contribution in [2.45, 2.75) is 6.42 Å². The van der Waals surface area contributed by atoms with Crippen LogP contribution in [-0.4, -0.2) is 6.21 Å². The largest absolute Gasteiger partial charge is 0.286 e. The van der Waals surface area contributed by atoms with Crippen LogP contribution in [0.1, 0.15) is 12.0 Å². The fourth-order valence-corrected chi connectivity index (χ4v) is 1.22. The first-order chi connectivity index (χ1) is 5.97. The molecule has 2 heteroatoms. The van der Waals surface area contributed by atoms with Crippen molar-refractivity contribution >= 4 is 11.8 Å². The smallest absolute Gasteiger partial charge is 0.0291 e. The molecule has 0 aliphatic carbocycles. The summed E-state index contributed by atoms with van der Waals surface area (Å²) in [4.78, 5) is 0. The zero-order valence-electron chi connectivity index (χ0n) is 6.70. The van der Waals surface area contributed by atoms with Crippen LogP contribution in [0.3, 0.4) is 0 Å². The van der Waals surface area contributed by atoms with Crippen molar-refractivity contribution in [2.75, 3.05) is 0 Å². The summed E-state index contributed by atoms with van der Waals surface area (Å²) in [5, 5.41) is 3.90. The monoisotopic (exact) mass is 158 g/mol. The maximum Gasteiger partial charge on any atom is 0.0291 e. The van der Waals surface area contributed by atoms with E-state index >= 15 is 0 Å². The van der Waals surface area contributed by atoms with Crippen molar-refractivity contribution in [3.8, 4) is 0 Å². The molecule has 1 aromatic rings. The molecule has 0 atom stereocenters. The SMILES string of the molecule is C1=NNC=C(c2ccccc2)C1. The van der Waals surface area contributed by atoms with Crippen molar-refractivity contribution in [3.05, 3.63) is 42.1 Å². The number of hydrazone groups is 1. The van der Waals surface area contributed by atoms with Gasteiger partial charge < -0.3 is 0 Å². The van der Waals surface area contributed by atoms with Gasteiger partial charge in [-0.1, -0.05) is 30.3 Å². The Morgan fingerprint density at radius 2 is 2.00 bits per heavy atom. The molecule has 0 aromatic heterocycles. The van der Waals surface area contributed by atoms with Crippen molar-refractivity contribution in [1.82, 2.24) is 5.43 Å². The van der Waals surface area contributed by atoms with Crippen molar-refractivity contribution < 1.29 is 0 Å². The fourth-order valence-electron chi connectivity index (χ4n) is 1.22. The van der Waals surface area contributed by atoms with Crippen LogP contribution in [0.15, 0.2) is 41.6 Å². The Morgan fingerprint density at radius 3 is 2.67 bits per heavy atom. The van der Waals surface area contributed by atoms with E-state index in [4.69, 9.17) is 0 Å². The summed E-state index contributed by atoms with van der Waals surface area (Å²) >= 11 is 0. The van der Waals surface area contributed by atoms with E-state index in [-0.39, 0.29) is 0 Å². The van der Waals surface area contributed by atoms with E-state index in [0.29, 0.717) is 0 Å². The van der Waals surface area contributed by atoms with Gasteiger partial charge in [0.2, 0.25) is 0 Å². The van der Waals surface area contributed by atoms with Crippen LogP contribution >= 0.6 is 0 Å². The molecule has 0 bridgehead atoms. The first kappa shape index (κ1) is 7.10. The first-order valence-electron chi connectivity index (χ1n) is 3.98. The van der Waals surface area contributed by atoms with E-state index in [2.05, 4.69) is 22.7 Å². The standard InChI is InChI=1S/C10H10N2/c1-2-4-9(5-3-1)10-6-7-11-12-8-10/h1-5,7-8,12H,6H2. The maximum absolute atomic E-state index is 3.90. The maximum atomic E-state index is 3.90. The van der Waals surface area contributed by atoms with E-state index in [1.165, 1.54) is 11.1 Å². The summed E-state index contributed by atoms with van der Waals surface area (Å²) in [6, 6.07) is 10.3. The second-order valence-electron chi connectivity index (χ2n) is 2.68. The van der Waals surface area contributed by atoms with Gasteiger partial charge in [0.25, 0.3) is 0 Å². The molecule has 0 radical (unpaired) electrons. The average molecular weight is 158 g/mol. The number of nitrogens with zero attached hydrogens (tertiary/aromatic N) is 1. The highest BCUT2D eigenvalue weighted by atomic mass is 15.3. The van der Waals surface area contributed by atoms with Crippen molar-refractivity contribution in [2.24, 2.45) is 5.10 Å². The summed E-state index contributed by atoms with van der Waals surface area (Å²) < 4.78 is 0. The van der Waals surface area contributed by atoms with Crippen LogP contribution in [-0.2, 0) is 0 Å². The third-order valence-corrected chi connectivity index (χ3v) is 1.86. The van der Waals surface area contributed by atoms with Crippen LogP contribution in [0.4, 0.5) is 0 Å². The lowest BCUT2D eigenvalue weighted by molar-refractivity contribution is 0.954. The molecule has 1 aromatic carbocycles. The van der Waals surface area contributed by atoms with E-state index in [1.807, 2.05) is 30.6 Å². The normalized spacial score (nSPS) is 15.2. The number of rotatable bonds is 1. The van der Waals surface area contributed by atoms with E-state index in [9.17, 15) is 0 Å². The highest BCUT2D eigenvalue weighted by molar-refractivity contribution is 5.80. The van der Waals surface area contributed by atoms with Gasteiger partial charge in [0.1, 0.15) is 0 Å². The Labute approximate surface area is 71.6 Å². The molecule has 0 saturated carbocycles. The molecule has 0 unspecified atom stereocenters. The number of benzene rings is 1. The molecule has 60 valence electrons. The predicted octanol–water partition coefficient (Wildman–Crippen LogP) is 2.01. The number of nitrogens with one attached hydrogen (secondary N) is 1. The zero-order valence-corrected chi connectivity index (χ0v) is 6.70. The van der Waals surface area contributed by atoms with E-state index in [0.717, 1.165) is 6.42 Å². The van der Waals surface area contributed by atoms with Crippen molar-refractivity contribution in [1.29, 1.82) is 0 Å². The molecular weight excluding hydrogens is 148 g/mol. The summed E-state index contributed by atoms with van der Waals surface area (Å²) in [5.41, 5.74) is 5.38. The number of hydrogen-bond donors (Lipinski definition) is 1. The second-order valence-corrected chi connectivity index (χ2v) is 2.68. The third-order valence-electron chi connectivity index (χ3n) is 1.86.